The molecule has 0 bridgehead atoms. The third-order valence-electron chi connectivity index (χ3n) is 4.78. The molecule has 0 unspecified atom stereocenters. The Hall–Kier alpha value is -2.09. The van der Waals surface area contributed by atoms with E-state index in [1.807, 2.05) is 0 Å². The van der Waals surface area contributed by atoms with Crippen LogP contribution in [0.3, 0.4) is 0 Å². The molecule has 2 aromatic rings. The van der Waals surface area contributed by atoms with Gasteiger partial charge < -0.3 is 16.0 Å². The molecule has 2 heterocycles. The number of carbonyl (C=O) groups excluding carboxylic acids is 1. The van der Waals surface area contributed by atoms with Crippen molar-refractivity contribution in [3.8, 4) is 0 Å². The molecule has 1 saturated heterocycles. The molecule has 0 spiro atoms. The average molecular weight is 423 g/mol. The Labute approximate surface area is 174 Å². The maximum Gasteiger partial charge on any atom is 0.224 e. The molecule has 7 nitrogen and oxygen atoms in total. The minimum absolute atomic E-state index is 0.208. The topological polar surface area (TPSA) is 82.2 Å². The molecular formula is C19H24Cl2N6O. The first-order valence-corrected chi connectivity index (χ1v) is 10.0. The SMILES string of the molecule is CNc1cnc(NC[C@@H]2CCCNC2)nc1N(C=O)Cc1c(Cl)cccc1Cl. The Balaban J connectivity index is 1.80. The van der Waals surface area contributed by atoms with Crippen molar-refractivity contribution in [1.82, 2.24) is 15.3 Å². The monoisotopic (exact) mass is 422 g/mol. The van der Waals surface area contributed by atoms with E-state index in [1.54, 1.807) is 31.4 Å². The summed E-state index contributed by atoms with van der Waals surface area (Å²) in [6.45, 7) is 3.05. The molecule has 0 saturated carbocycles. The highest BCUT2D eigenvalue weighted by Gasteiger charge is 2.18. The summed E-state index contributed by atoms with van der Waals surface area (Å²) in [6, 6.07) is 5.26. The zero-order chi connectivity index (χ0) is 19.9. The minimum Gasteiger partial charge on any atom is -0.384 e. The fourth-order valence-electron chi connectivity index (χ4n) is 3.20. The third kappa shape index (κ3) is 5.04. The molecule has 1 aromatic carbocycles. The zero-order valence-electron chi connectivity index (χ0n) is 15.7. The van der Waals surface area contributed by atoms with Gasteiger partial charge in [0.05, 0.1) is 18.4 Å². The van der Waals surface area contributed by atoms with Gasteiger partial charge in [0.2, 0.25) is 12.4 Å². The molecular weight excluding hydrogens is 399 g/mol. The number of rotatable bonds is 8. The molecule has 0 aliphatic carbocycles. The van der Waals surface area contributed by atoms with Gasteiger partial charge in [-0.1, -0.05) is 29.3 Å². The van der Waals surface area contributed by atoms with Gasteiger partial charge in [0.15, 0.2) is 5.82 Å². The first-order valence-electron chi connectivity index (χ1n) is 9.26. The quantitative estimate of drug-likeness (QED) is 0.565. The van der Waals surface area contributed by atoms with E-state index in [9.17, 15) is 4.79 Å². The summed E-state index contributed by atoms with van der Waals surface area (Å²) in [4.78, 5) is 22.2. The van der Waals surface area contributed by atoms with Gasteiger partial charge in [0.1, 0.15) is 0 Å². The fraction of sp³-hybridized carbons (Fsp3) is 0.421. The number of nitrogens with one attached hydrogen (secondary N) is 3. The normalized spacial score (nSPS) is 16.5. The predicted molar refractivity (Wildman–Crippen MR) is 114 cm³/mol. The van der Waals surface area contributed by atoms with Crippen molar-refractivity contribution in [3.63, 3.8) is 0 Å². The van der Waals surface area contributed by atoms with Crippen molar-refractivity contribution in [1.29, 1.82) is 0 Å². The van der Waals surface area contributed by atoms with Crippen LogP contribution < -0.4 is 20.9 Å². The smallest absolute Gasteiger partial charge is 0.224 e. The molecule has 3 N–H and O–H groups in total. The van der Waals surface area contributed by atoms with Crippen molar-refractivity contribution >= 4 is 47.1 Å². The molecule has 1 aliphatic heterocycles. The van der Waals surface area contributed by atoms with Crippen molar-refractivity contribution in [2.75, 3.05) is 42.2 Å². The Morgan fingerprint density at radius 2 is 2.14 bits per heavy atom. The standard InChI is InChI=1S/C19H24Cl2N6O/c1-22-17-10-25-19(24-9-13-4-3-7-23-8-13)26-18(17)27(12-28)11-14-15(20)5-2-6-16(14)21/h2,5-6,10,12-13,22-23H,3-4,7-9,11H2,1H3,(H,24,25,26)/t13-/m1/s1. The Morgan fingerprint density at radius 1 is 1.36 bits per heavy atom. The van der Waals surface area contributed by atoms with E-state index in [4.69, 9.17) is 23.2 Å². The van der Waals surface area contributed by atoms with Gasteiger partial charge in [0.25, 0.3) is 0 Å². The predicted octanol–water partition coefficient (Wildman–Crippen LogP) is 3.40. The van der Waals surface area contributed by atoms with Gasteiger partial charge in [0, 0.05) is 29.2 Å². The molecule has 3 rings (SSSR count). The van der Waals surface area contributed by atoms with Crippen LogP contribution in [0.15, 0.2) is 24.4 Å². The maximum atomic E-state index is 11.8. The lowest BCUT2D eigenvalue weighted by molar-refractivity contribution is -0.107. The number of hydrogen-bond donors (Lipinski definition) is 3. The summed E-state index contributed by atoms with van der Waals surface area (Å²) < 4.78 is 0. The molecule has 1 aromatic heterocycles. The maximum absolute atomic E-state index is 11.8. The lowest BCUT2D eigenvalue weighted by Gasteiger charge is -2.24. The molecule has 150 valence electrons. The van der Waals surface area contributed by atoms with Gasteiger partial charge in [-0.05, 0) is 44.0 Å². The van der Waals surface area contributed by atoms with Crippen LogP contribution in [0.4, 0.5) is 17.5 Å². The van der Waals surface area contributed by atoms with E-state index in [2.05, 4.69) is 25.9 Å². The number of halogens is 2. The molecule has 1 atom stereocenters. The Kier molecular flexibility index (Phi) is 7.30. The molecule has 1 fully saturated rings. The molecule has 0 radical (unpaired) electrons. The second kappa shape index (κ2) is 9.91. The molecule has 1 aliphatic rings. The van der Waals surface area contributed by atoms with Crippen molar-refractivity contribution in [2.24, 2.45) is 5.92 Å². The Bertz CT molecular complexity index is 793. The molecule has 9 heteroatoms. The summed E-state index contributed by atoms with van der Waals surface area (Å²) in [6.07, 6.45) is 4.73. The number of nitrogens with zero attached hydrogens (tertiary/aromatic N) is 3. The van der Waals surface area contributed by atoms with Crippen LogP contribution in [0, 0.1) is 5.92 Å². The van der Waals surface area contributed by atoms with Crippen molar-refractivity contribution < 1.29 is 4.79 Å². The third-order valence-corrected chi connectivity index (χ3v) is 5.48. The first kappa shape index (κ1) is 20.6. The number of hydrogen-bond acceptors (Lipinski definition) is 6. The zero-order valence-corrected chi connectivity index (χ0v) is 17.2. The second-order valence-corrected chi connectivity index (χ2v) is 7.52. The van der Waals surface area contributed by atoms with E-state index in [1.165, 1.54) is 17.7 Å². The number of anilines is 3. The Morgan fingerprint density at radius 3 is 2.79 bits per heavy atom. The number of amides is 1. The lowest BCUT2D eigenvalue weighted by atomic mass is 10.00. The van der Waals surface area contributed by atoms with Crippen LogP contribution in [0.25, 0.3) is 0 Å². The summed E-state index contributed by atoms with van der Waals surface area (Å²) in [5, 5.41) is 10.7. The van der Waals surface area contributed by atoms with Gasteiger partial charge in [-0.2, -0.15) is 4.98 Å². The summed E-state index contributed by atoms with van der Waals surface area (Å²) >= 11 is 12.5. The van der Waals surface area contributed by atoms with E-state index >= 15 is 0 Å². The van der Waals surface area contributed by atoms with E-state index in [0.717, 1.165) is 26.0 Å². The van der Waals surface area contributed by atoms with E-state index < -0.39 is 0 Å². The lowest BCUT2D eigenvalue weighted by Crippen LogP contribution is -2.33. The van der Waals surface area contributed by atoms with Crippen molar-refractivity contribution in [3.05, 3.63) is 40.0 Å². The van der Waals surface area contributed by atoms with Crippen molar-refractivity contribution in [2.45, 2.75) is 19.4 Å². The average Bonchev–Trinajstić information content (AvgIpc) is 2.73. The van der Waals surface area contributed by atoms with Gasteiger partial charge in [-0.3, -0.25) is 9.69 Å². The highest BCUT2D eigenvalue weighted by molar-refractivity contribution is 6.36. The van der Waals surface area contributed by atoms with Crippen LogP contribution in [-0.2, 0) is 11.3 Å². The number of carbonyl (C=O) groups is 1. The van der Waals surface area contributed by atoms with Gasteiger partial charge in [-0.15, -0.1) is 0 Å². The highest BCUT2D eigenvalue weighted by Crippen LogP contribution is 2.29. The highest BCUT2D eigenvalue weighted by atomic mass is 35.5. The second-order valence-electron chi connectivity index (χ2n) is 6.71. The van der Waals surface area contributed by atoms with Crippen LogP contribution in [0.1, 0.15) is 18.4 Å². The number of benzene rings is 1. The van der Waals surface area contributed by atoms with Crippen LogP contribution in [-0.4, -0.2) is 43.1 Å². The molecule has 28 heavy (non-hydrogen) atoms. The van der Waals surface area contributed by atoms with E-state index in [-0.39, 0.29) is 6.54 Å². The van der Waals surface area contributed by atoms with Crippen LogP contribution in [0.2, 0.25) is 10.0 Å². The summed E-state index contributed by atoms with van der Waals surface area (Å²) in [5.74, 6) is 1.48. The summed E-state index contributed by atoms with van der Waals surface area (Å²) in [5.41, 5.74) is 1.31. The number of piperidine rings is 1. The fourth-order valence-corrected chi connectivity index (χ4v) is 3.72. The molecule has 1 amide bonds. The first-order chi connectivity index (χ1) is 13.6. The van der Waals surface area contributed by atoms with Crippen LogP contribution >= 0.6 is 23.2 Å². The summed E-state index contributed by atoms with van der Waals surface area (Å²) in [7, 11) is 1.76. The number of aromatic nitrogens is 2. The largest absolute Gasteiger partial charge is 0.384 e. The minimum atomic E-state index is 0.208. The van der Waals surface area contributed by atoms with E-state index in [0.29, 0.717) is 39.0 Å². The van der Waals surface area contributed by atoms with Gasteiger partial charge >= 0.3 is 0 Å². The van der Waals surface area contributed by atoms with Crippen LogP contribution in [0.5, 0.6) is 0 Å². The van der Waals surface area contributed by atoms with Gasteiger partial charge in [-0.25, -0.2) is 4.98 Å².